The summed E-state index contributed by atoms with van der Waals surface area (Å²) in [6.45, 7) is 6.69. The first-order valence-electron chi connectivity index (χ1n) is 8.93. The van der Waals surface area contributed by atoms with Gasteiger partial charge < -0.3 is 15.1 Å². The lowest BCUT2D eigenvalue weighted by Crippen LogP contribution is -2.50. The third-order valence-electron chi connectivity index (χ3n) is 4.46. The predicted octanol–water partition coefficient (Wildman–Crippen LogP) is 2.13. The minimum Gasteiger partial charge on any atom is -0.367 e. The standard InChI is InChI=1S/C18H21ClN8O/c1-12(2)18(28)27-7-5-26(6-8-27)16-4-3-14(9-15(16)19)21-11-13(10-20)17-22-24-25-23-17/h3-4,9,11-12,21H,5-8H2,1-2H3,(H,22,23,24,25). The van der Waals surface area contributed by atoms with Gasteiger partial charge in [-0.15, -0.1) is 10.2 Å². The van der Waals surface area contributed by atoms with Crippen LogP contribution in [0.25, 0.3) is 5.57 Å². The first kappa shape index (κ1) is 19.6. The number of anilines is 2. The van der Waals surface area contributed by atoms with Crippen LogP contribution in [0.5, 0.6) is 0 Å². The summed E-state index contributed by atoms with van der Waals surface area (Å²) >= 11 is 6.47. The van der Waals surface area contributed by atoms with Gasteiger partial charge in [0.05, 0.1) is 10.7 Å². The van der Waals surface area contributed by atoms with Gasteiger partial charge in [0, 0.05) is 44.0 Å². The van der Waals surface area contributed by atoms with Gasteiger partial charge in [0.2, 0.25) is 11.7 Å². The van der Waals surface area contributed by atoms with Crippen LogP contribution in [0, 0.1) is 17.2 Å². The highest BCUT2D eigenvalue weighted by Gasteiger charge is 2.23. The van der Waals surface area contributed by atoms with E-state index < -0.39 is 0 Å². The van der Waals surface area contributed by atoms with E-state index >= 15 is 0 Å². The Morgan fingerprint density at radius 1 is 1.36 bits per heavy atom. The quantitative estimate of drug-likeness (QED) is 0.739. The van der Waals surface area contributed by atoms with Crippen LogP contribution in [0.2, 0.25) is 5.02 Å². The number of rotatable bonds is 5. The molecule has 0 unspecified atom stereocenters. The van der Waals surface area contributed by atoms with Crippen molar-refractivity contribution in [2.45, 2.75) is 13.8 Å². The Balaban J connectivity index is 1.65. The zero-order valence-corrected chi connectivity index (χ0v) is 16.4. The SMILES string of the molecule is CC(C)C(=O)N1CCN(c2ccc(NC=C(C#N)c3nn[nH]n3)cc2Cl)CC1. The number of hydrogen-bond acceptors (Lipinski definition) is 7. The molecule has 0 bridgehead atoms. The minimum atomic E-state index is 0.0132. The van der Waals surface area contributed by atoms with Gasteiger partial charge in [-0.1, -0.05) is 25.4 Å². The number of carbonyl (C=O) groups is 1. The average molecular weight is 401 g/mol. The second-order valence-corrected chi connectivity index (χ2v) is 7.09. The predicted molar refractivity (Wildman–Crippen MR) is 106 cm³/mol. The number of benzene rings is 1. The fourth-order valence-electron chi connectivity index (χ4n) is 2.96. The number of carbonyl (C=O) groups excluding carboxylic acids is 1. The first-order chi connectivity index (χ1) is 13.5. The van der Waals surface area contributed by atoms with Gasteiger partial charge >= 0.3 is 0 Å². The zero-order chi connectivity index (χ0) is 20.1. The highest BCUT2D eigenvalue weighted by atomic mass is 35.5. The van der Waals surface area contributed by atoms with Crippen molar-refractivity contribution in [1.82, 2.24) is 25.5 Å². The highest BCUT2D eigenvalue weighted by Crippen LogP contribution is 2.30. The molecule has 2 heterocycles. The van der Waals surface area contributed by atoms with Crippen LogP contribution in [0.4, 0.5) is 11.4 Å². The van der Waals surface area contributed by atoms with Crippen LogP contribution in [0.3, 0.4) is 0 Å². The maximum Gasteiger partial charge on any atom is 0.225 e. The molecule has 1 aromatic carbocycles. The fourth-order valence-corrected chi connectivity index (χ4v) is 3.26. The lowest BCUT2D eigenvalue weighted by atomic mass is 10.1. The number of nitriles is 1. The van der Waals surface area contributed by atoms with E-state index in [2.05, 4.69) is 30.8 Å². The van der Waals surface area contributed by atoms with Crippen LogP contribution < -0.4 is 10.2 Å². The van der Waals surface area contributed by atoms with E-state index in [0.717, 1.165) is 24.5 Å². The number of amides is 1. The van der Waals surface area contributed by atoms with Crippen LogP contribution in [-0.2, 0) is 4.79 Å². The topological polar surface area (TPSA) is 114 Å². The molecule has 0 spiro atoms. The summed E-state index contributed by atoms with van der Waals surface area (Å²) < 4.78 is 0. The molecule has 28 heavy (non-hydrogen) atoms. The number of piperazine rings is 1. The Hall–Kier alpha value is -3.12. The highest BCUT2D eigenvalue weighted by molar-refractivity contribution is 6.33. The van der Waals surface area contributed by atoms with Crippen LogP contribution in [0.15, 0.2) is 24.4 Å². The summed E-state index contributed by atoms with van der Waals surface area (Å²) in [7, 11) is 0. The third kappa shape index (κ3) is 4.40. The van der Waals surface area contributed by atoms with Crippen molar-refractivity contribution >= 4 is 34.5 Å². The molecule has 146 valence electrons. The number of H-pyrrole nitrogens is 1. The number of aromatic nitrogens is 4. The van der Waals surface area contributed by atoms with E-state index in [1.165, 1.54) is 6.20 Å². The van der Waals surface area contributed by atoms with Gasteiger partial charge in [-0.25, -0.2) is 0 Å². The molecule has 0 saturated carbocycles. The monoisotopic (exact) mass is 400 g/mol. The van der Waals surface area contributed by atoms with Crippen molar-refractivity contribution in [2.75, 3.05) is 36.4 Å². The smallest absolute Gasteiger partial charge is 0.225 e. The first-order valence-corrected chi connectivity index (χ1v) is 9.31. The van der Waals surface area contributed by atoms with Crippen molar-refractivity contribution in [1.29, 1.82) is 5.26 Å². The number of nitrogens with one attached hydrogen (secondary N) is 2. The summed E-state index contributed by atoms with van der Waals surface area (Å²) in [6, 6.07) is 7.62. The molecule has 0 aliphatic carbocycles. The summed E-state index contributed by atoms with van der Waals surface area (Å²) in [5.74, 6) is 0.415. The van der Waals surface area contributed by atoms with E-state index in [0.29, 0.717) is 18.1 Å². The van der Waals surface area contributed by atoms with Crippen LogP contribution in [-0.4, -0.2) is 57.6 Å². The van der Waals surface area contributed by atoms with E-state index in [9.17, 15) is 10.1 Å². The van der Waals surface area contributed by atoms with Gasteiger partial charge in [0.15, 0.2) is 0 Å². The molecular weight excluding hydrogens is 380 g/mol. The number of hydrogen-bond donors (Lipinski definition) is 2. The summed E-state index contributed by atoms with van der Waals surface area (Å²) in [4.78, 5) is 16.2. The van der Waals surface area contributed by atoms with Crippen LogP contribution >= 0.6 is 11.6 Å². The second-order valence-electron chi connectivity index (χ2n) is 6.68. The van der Waals surface area contributed by atoms with Gasteiger partial charge in [-0.2, -0.15) is 10.5 Å². The number of allylic oxidation sites excluding steroid dienone is 1. The Morgan fingerprint density at radius 2 is 2.11 bits per heavy atom. The fraction of sp³-hybridized carbons (Fsp3) is 0.389. The van der Waals surface area contributed by atoms with Crippen molar-refractivity contribution in [3.8, 4) is 6.07 Å². The number of aromatic amines is 1. The number of tetrazole rings is 1. The van der Waals surface area contributed by atoms with Crippen molar-refractivity contribution in [3.05, 3.63) is 35.2 Å². The lowest BCUT2D eigenvalue weighted by molar-refractivity contribution is -0.134. The molecule has 10 heteroatoms. The summed E-state index contributed by atoms with van der Waals surface area (Å²) in [5, 5.41) is 26.1. The zero-order valence-electron chi connectivity index (χ0n) is 15.7. The van der Waals surface area contributed by atoms with E-state index in [1.807, 2.05) is 36.9 Å². The van der Waals surface area contributed by atoms with E-state index in [1.54, 1.807) is 6.07 Å². The molecule has 1 saturated heterocycles. The molecule has 1 aromatic heterocycles. The number of halogens is 1. The van der Waals surface area contributed by atoms with Crippen molar-refractivity contribution < 1.29 is 4.79 Å². The average Bonchev–Trinajstić information content (AvgIpc) is 3.23. The van der Waals surface area contributed by atoms with Crippen molar-refractivity contribution in [3.63, 3.8) is 0 Å². The number of nitrogens with zero attached hydrogens (tertiary/aromatic N) is 6. The Bertz CT molecular complexity index is 895. The molecule has 2 aromatic rings. The van der Waals surface area contributed by atoms with E-state index in [-0.39, 0.29) is 23.2 Å². The Kier molecular flexibility index (Phi) is 6.11. The van der Waals surface area contributed by atoms with Gasteiger partial charge in [0.1, 0.15) is 11.6 Å². The maximum atomic E-state index is 12.1. The molecule has 0 atom stereocenters. The van der Waals surface area contributed by atoms with Crippen molar-refractivity contribution in [2.24, 2.45) is 5.92 Å². The maximum absolute atomic E-state index is 12.1. The Labute approximate surface area is 168 Å². The molecule has 0 radical (unpaired) electrons. The van der Waals surface area contributed by atoms with Gasteiger partial charge in [0.25, 0.3) is 0 Å². The Morgan fingerprint density at radius 3 is 2.68 bits per heavy atom. The van der Waals surface area contributed by atoms with Crippen LogP contribution in [0.1, 0.15) is 19.7 Å². The molecule has 2 N–H and O–H groups in total. The minimum absolute atomic E-state index is 0.0132. The summed E-state index contributed by atoms with van der Waals surface area (Å²) in [5.41, 5.74) is 1.91. The molecule has 1 fully saturated rings. The second kappa shape index (κ2) is 8.71. The molecule has 3 rings (SSSR count). The lowest BCUT2D eigenvalue weighted by Gasteiger charge is -2.37. The normalized spacial score (nSPS) is 14.9. The largest absolute Gasteiger partial charge is 0.367 e. The van der Waals surface area contributed by atoms with Gasteiger partial charge in [-0.3, -0.25) is 4.79 Å². The molecule has 9 nitrogen and oxygen atoms in total. The summed E-state index contributed by atoms with van der Waals surface area (Å²) in [6.07, 6.45) is 1.51. The molecular formula is C18H21ClN8O. The molecule has 1 amide bonds. The van der Waals surface area contributed by atoms with Gasteiger partial charge in [-0.05, 0) is 23.4 Å². The molecule has 1 aliphatic heterocycles. The molecule has 1 aliphatic rings. The van der Waals surface area contributed by atoms with E-state index in [4.69, 9.17) is 11.6 Å². The third-order valence-corrected chi connectivity index (χ3v) is 4.77.